The molecule has 0 aliphatic heterocycles. The van der Waals surface area contributed by atoms with Crippen LogP contribution in [-0.2, 0) is 9.53 Å². The molecule has 0 heterocycles. The Kier molecular flexibility index (Phi) is 8.49. The van der Waals surface area contributed by atoms with E-state index in [0.29, 0.717) is 11.8 Å². The normalized spacial score (nSPS) is 39.6. The molecule has 0 spiro atoms. The molecule has 4 nitrogen and oxygen atoms in total. The van der Waals surface area contributed by atoms with E-state index in [9.17, 15) is 4.79 Å². The lowest BCUT2D eigenvalue weighted by atomic mass is 9.73. The van der Waals surface area contributed by atoms with E-state index in [1.54, 1.807) is 0 Å². The minimum Gasteiger partial charge on any atom is -0.462 e. The molecule has 0 saturated heterocycles. The summed E-state index contributed by atoms with van der Waals surface area (Å²) in [6.07, 6.45) is 6.74. The van der Waals surface area contributed by atoms with Crippen molar-refractivity contribution in [1.29, 1.82) is 0 Å². The maximum atomic E-state index is 12.2. The summed E-state index contributed by atoms with van der Waals surface area (Å²) in [5, 5.41) is 0. The van der Waals surface area contributed by atoms with Gasteiger partial charge in [-0.15, -0.1) is 0 Å². The Morgan fingerprint density at radius 2 is 1.33 bits per heavy atom. The fourth-order valence-electron chi connectivity index (χ4n) is 3.77. The maximum Gasteiger partial charge on any atom is 0.309 e. The van der Waals surface area contributed by atoms with Gasteiger partial charge in [0.1, 0.15) is 6.10 Å². The summed E-state index contributed by atoms with van der Waals surface area (Å²) in [5.41, 5.74) is 0. The van der Waals surface area contributed by atoms with Gasteiger partial charge in [0.2, 0.25) is 0 Å². The van der Waals surface area contributed by atoms with Crippen LogP contribution in [0.15, 0.2) is 0 Å². The van der Waals surface area contributed by atoms with Crippen LogP contribution >= 0.6 is 0 Å². The predicted octanol–water partition coefficient (Wildman–Crippen LogP) is 2.78. The van der Waals surface area contributed by atoms with Crippen molar-refractivity contribution < 1.29 is 20.5 Å². The van der Waals surface area contributed by atoms with Gasteiger partial charge < -0.3 is 15.7 Å². The fraction of sp³-hybridized carbons (Fsp3) is 0.941. The lowest BCUT2D eigenvalue weighted by molar-refractivity contribution is -0.159. The molecule has 0 aromatic carbocycles. The number of esters is 1. The average molecular weight is 302 g/mol. The van der Waals surface area contributed by atoms with E-state index < -0.39 is 0 Å². The van der Waals surface area contributed by atoms with Gasteiger partial charge in [-0.2, -0.15) is 0 Å². The molecule has 0 amide bonds. The third-order valence-electron chi connectivity index (χ3n) is 5.70. The Hall–Kier alpha value is -0.610. The summed E-state index contributed by atoms with van der Waals surface area (Å²) in [7, 11) is 0. The molecule has 0 aromatic heterocycles. The molecule has 2 aliphatic rings. The summed E-state index contributed by atoms with van der Waals surface area (Å²) < 4.78 is 5.82. The number of hydrogen-bond donors (Lipinski definition) is 0. The molecule has 2 atom stereocenters. The molecule has 2 rings (SSSR count). The first-order chi connectivity index (χ1) is 8.97. The quantitative estimate of drug-likeness (QED) is 0.734. The van der Waals surface area contributed by atoms with E-state index in [-0.39, 0.29) is 28.9 Å². The average Bonchev–Trinajstić information content (AvgIpc) is 2.36. The van der Waals surface area contributed by atoms with Crippen LogP contribution in [0, 0.1) is 29.6 Å². The van der Waals surface area contributed by atoms with E-state index in [1.807, 2.05) is 0 Å². The first-order valence-electron chi connectivity index (χ1n) is 8.17. The van der Waals surface area contributed by atoms with Crippen molar-refractivity contribution in [2.45, 2.75) is 72.3 Å². The molecule has 2 unspecified atom stereocenters. The molecule has 2 saturated carbocycles. The van der Waals surface area contributed by atoms with E-state index in [1.165, 1.54) is 12.8 Å². The van der Waals surface area contributed by atoms with Crippen molar-refractivity contribution in [3.63, 3.8) is 0 Å². The minimum absolute atomic E-state index is 0. The Balaban J connectivity index is 0.00000200. The van der Waals surface area contributed by atoms with Crippen molar-refractivity contribution >= 4 is 5.97 Å². The van der Waals surface area contributed by atoms with Crippen molar-refractivity contribution in [3.05, 3.63) is 0 Å². The van der Waals surface area contributed by atoms with Crippen molar-refractivity contribution in [3.8, 4) is 0 Å². The van der Waals surface area contributed by atoms with E-state index in [4.69, 9.17) is 4.74 Å². The minimum atomic E-state index is 0. The Labute approximate surface area is 129 Å². The standard InChI is InChI=1S/C17H30O2.2H2O/c1-11-5-7-15(8-6-11)17(18)19-16-9-12(2)14(4)13(3)10-16;;/h11-16H,5-10H2,1-4H3;2*1H2. The van der Waals surface area contributed by atoms with Gasteiger partial charge in [0.15, 0.2) is 0 Å². The summed E-state index contributed by atoms with van der Waals surface area (Å²) in [5.74, 6) is 3.16. The molecular formula is C17H34O4. The van der Waals surface area contributed by atoms with Gasteiger partial charge in [0, 0.05) is 0 Å². The molecule has 0 aromatic rings. The molecule has 0 bridgehead atoms. The lowest BCUT2D eigenvalue weighted by Crippen LogP contribution is -2.35. The van der Waals surface area contributed by atoms with Crippen LogP contribution < -0.4 is 0 Å². The van der Waals surface area contributed by atoms with E-state index in [0.717, 1.165) is 37.5 Å². The van der Waals surface area contributed by atoms with E-state index in [2.05, 4.69) is 27.7 Å². The maximum absolute atomic E-state index is 12.2. The highest BCUT2D eigenvalue weighted by Crippen LogP contribution is 2.36. The van der Waals surface area contributed by atoms with Gasteiger partial charge in [-0.3, -0.25) is 4.79 Å². The molecule has 2 aliphatic carbocycles. The molecule has 21 heavy (non-hydrogen) atoms. The summed E-state index contributed by atoms with van der Waals surface area (Å²) in [4.78, 5) is 12.2. The van der Waals surface area contributed by atoms with Crippen molar-refractivity contribution in [1.82, 2.24) is 0 Å². The Morgan fingerprint density at radius 3 is 1.81 bits per heavy atom. The van der Waals surface area contributed by atoms with Gasteiger partial charge in [-0.25, -0.2) is 0 Å². The van der Waals surface area contributed by atoms with Gasteiger partial charge in [-0.05, 0) is 62.2 Å². The smallest absolute Gasteiger partial charge is 0.309 e. The third-order valence-corrected chi connectivity index (χ3v) is 5.70. The highest BCUT2D eigenvalue weighted by atomic mass is 16.5. The van der Waals surface area contributed by atoms with Crippen LogP contribution in [-0.4, -0.2) is 23.0 Å². The Morgan fingerprint density at radius 1 is 0.857 bits per heavy atom. The van der Waals surface area contributed by atoms with Crippen LogP contribution in [0.25, 0.3) is 0 Å². The fourth-order valence-corrected chi connectivity index (χ4v) is 3.77. The Bertz CT molecular complexity index is 298. The van der Waals surface area contributed by atoms with Crippen LogP contribution in [0.2, 0.25) is 0 Å². The van der Waals surface area contributed by atoms with Crippen molar-refractivity contribution in [2.75, 3.05) is 0 Å². The molecule has 126 valence electrons. The number of hydrogen-bond acceptors (Lipinski definition) is 2. The highest BCUT2D eigenvalue weighted by Gasteiger charge is 2.34. The number of carbonyl (C=O) groups excluding carboxylic acids is 1. The second-order valence-corrected chi connectivity index (χ2v) is 7.30. The van der Waals surface area contributed by atoms with Crippen LogP contribution in [0.3, 0.4) is 0 Å². The molecule has 2 fully saturated rings. The zero-order chi connectivity index (χ0) is 14.0. The predicted molar refractivity (Wildman–Crippen MR) is 85.0 cm³/mol. The lowest BCUT2D eigenvalue weighted by Gasteiger charge is -2.37. The van der Waals surface area contributed by atoms with Gasteiger partial charge in [0.25, 0.3) is 0 Å². The van der Waals surface area contributed by atoms with Gasteiger partial charge in [-0.1, -0.05) is 27.7 Å². The highest BCUT2D eigenvalue weighted by molar-refractivity contribution is 5.72. The summed E-state index contributed by atoms with van der Waals surface area (Å²) in [6, 6.07) is 0. The largest absolute Gasteiger partial charge is 0.462 e. The number of ether oxygens (including phenoxy) is 1. The monoisotopic (exact) mass is 302 g/mol. The summed E-state index contributed by atoms with van der Waals surface area (Å²) in [6.45, 7) is 9.20. The SMILES string of the molecule is CC1CCC(C(=O)OC2CC(C)C(C)C(C)C2)CC1.O.O. The van der Waals surface area contributed by atoms with Crippen molar-refractivity contribution in [2.24, 2.45) is 29.6 Å². The zero-order valence-corrected chi connectivity index (χ0v) is 14.0. The topological polar surface area (TPSA) is 89.3 Å². The van der Waals surface area contributed by atoms with Gasteiger partial charge >= 0.3 is 5.97 Å². The second-order valence-electron chi connectivity index (χ2n) is 7.30. The molecule has 4 heteroatoms. The molecular weight excluding hydrogens is 268 g/mol. The van der Waals surface area contributed by atoms with Crippen LogP contribution in [0.5, 0.6) is 0 Å². The van der Waals surface area contributed by atoms with Gasteiger partial charge in [0.05, 0.1) is 5.92 Å². The second kappa shape index (κ2) is 8.74. The summed E-state index contributed by atoms with van der Waals surface area (Å²) >= 11 is 0. The zero-order valence-electron chi connectivity index (χ0n) is 14.0. The molecule has 0 radical (unpaired) electrons. The van der Waals surface area contributed by atoms with E-state index >= 15 is 0 Å². The molecule has 4 N–H and O–H groups in total. The van der Waals surface area contributed by atoms with Crippen LogP contribution in [0.4, 0.5) is 0 Å². The third kappa shape index (κ3) is 5.26. The van der Waals surface area contributed by atoms with Crippen LogP contribution in [0.1, 0.15) is 66.2 Å². The number of rotatable bonds is 2. The first kappa shape index (κ1) is 20.4. The first-order valence-corrected chi connectivity index (χ1v) is 8.17. The number of carbonyl (C=O) groups is 1.